The van der Waals surface area contributed by atoms with E-state index in [9.17, 15) is 8.42 Å². The molecule has 1 heterocycles. The average Bonchev–Trinajstić information content (AvgIpc) is 2.85. The summed E-state index contributed by atoms with van der Waals surface area (Å²) in [5.74, 6) is 3.39. The molecule has 0 aromatic carbocycles. The molecule has 0 spiro atoms. The number of aliphatic imine (C=N–C) groups is 1. The minimum atomic E-state index is -2.81. The maximum absolute atomic E-state index is 11.6. The third-order valence-electron chi connectivity index (χ3n) is 5.19. The quantitative estimate of drug-likeness (QED) is 0.614. The highest BCUT2D eigenvalue weighted by Crippen LogP contribution is 2.28. The maximum atomic E-state index is 11.6. The first-order valence-electron chi connectivity index (χ1n) is 9.09. The lowest BCUT2D eigenvalue weighted by molar-refractivity contribution is 0.250. The van der Waals surface area contributed by atoms with E-state index in [2.05, 4.69) is 31.1 Å². The normalized spacial score (nSPS) is 31.1. The van der Waals surface area contributed by atoms with Gasteiger partial charge in [-0.3, -0.25) is 4.99 Å². The molecule has 1 atom stereocenters. The molecule has 0 aromatic heterocycles. The summed E-state index contributed by atoms with van der Waals surface area (Å²) in [6.07, 6.45) is 6.06. The second-order valence-corrected chi connectivity index (χ2v) is 9.70. The van der Waals surface area contributed by atoms with E-state index in [1.165, 1.54) is 25.7 Å². The Kier molecular flexibility index (Phi) is 6.74. The molecule has 0 bridgehead atoms. The summed E-state index contributed by atoms with van der Waals surface area (Å²) >= 11 is 0. The third kappa shape index (κ3) is 5.98. The van der Waals surface area contributed by atoms with Crippen LogP contribution in [-0.4, -0.2) is 57.5 Å². The summed E-state index contributed by atoms with van der Waals surface area (Å²) in [7, 11) is -0.705. The fourth-order valence-electron chi connectivity index (χ4n) is 3.69. The van der Waals surface area contributed by atoms with Crippen molar-refractivity contribution in [2.45, 2.75) is 46.0 Å². The highest BCUT2D eigenvalue weighted by Gasteiger charge is 2.28. The minimum absolute atomic E-state index is 0.192. The fraction of sp³-hybridized carbons (Fsp3) is 0.941. The number of hydrogen-bond donors (Lipinski definition) is 1. The first kappa shape index (κ1) is 18.6. The Bertz CT molecular complexity index is 496. The van der Waals surface area contributed by atoms with Crippen molar-refractivity contribution in [3.05, 3.63) is 0 Å². The maximum Gasteiger partial charge on any atom is 0.193 e. The highest BCUT2D eigenvalue weighted by atomic mass is 32.2. The van der Waals surface area contributed by atoms with Crippen molar-refractivity contribution in [3.63, 3.8) is 0 Å². The van der Waals surface area contributed by atoms with Gasteiger partial charge in [-0.2, -0.15) is 0 Å². The van der Waals surface area contributed by atoms with Crippen molar-refractivity contribution in [1.82, 2.24) is 10.2 Å². The van der Waals surface area contributed by atoms with Gasteiger partial charge >= 0.3 is 0 Å². The van der Waals surface area contributed by atoms with Crippen LogP contribution in [0, 0.1) is 17.8 Å². The van der Waals surface area contributed by atoms with Crippen LogP contribution in [0.5, 0.6) is 0 Å². The SMILES string of the molecule is CCNC(=NCC1CCS(=O)(=O)C1)N(C)CC1CCC(C)CC1. The third-order valence-corrected chi connectivity index (χ3v) is 7.03. The summed E-state index contributed by atoms with van der Waals surface area (Å²) < 4.78 is 23.1. The van der Waals surface area contributed by atoms with Crippen LogP contribution in [0.1, 0.15) is 46.0 Å². The molecule has 0 radical (unpaired) electrons. The molecule has 134 valence electrons. The van der Waals surface area contributed by atoms with Gasteiger partial charge in [-0.15, -0.1) is 0 Å². The summed E-state index contributed by atoms with van der Waals surface area (Å²) in [5, 5.41) is 3.35. The van der Waals surface area contributed by atoms with E-state index in [1.807, 2.05) is 0 Å². The van der Waals surface area contributed by atoms with E-state index < -0.39 is 9.84 Å². The van der Waals surface area contributed by atoms with E-state index in [0.717, 1.165) is 37.3 Å². The zero-order chi connectivity index (χ0) is 16.9. The molecule has 5 nitrogen and oxygen atoms in total. The van der Waals surface area contributed by atoms with Crippen molar-refractivity contribution in [2.75, 3.05) is 38.2 Å². The second kappa shape index (κ2) is 8.36. The van der Waals surface area contributed by atoms with Crippen molar-refractivity contribution < 1.29 is 8.42 Å². The molecular weight excluding hydrogens is 310 g/mol. The second-order valence-electron chi connectivity index (χ2n) is 7.47. The Morgan fingerprint density at radius 2 is 1.87 bits per heavy atom. The molecule has 2 rings (SSSR count). The Labute approximate surface area is 141 Å². The zero-order valence-corrected chi connectivity index (χ0v) is 15.7. The van der Waals surface area contributed by atoms with Crippen LogP contribution >= 0.6 is 0 Å². The van der Waals surface area contributed by atoms with Gasteiger partial charge in [0.2, 0.25) is 0 Å². The Balaban J connectivity index is 1.87. The first-order chi connectivity index (χ1) is 10.9. The number of rotatable bonds is 5. The molecule has 23 heavy (non-hydrogen) atoms. The van der Waals surface area contributed by atoms with E-state index in [0.29, 0.717) is 18.1 Å². The lowest BCUT2D eigenvalue weighted by Crippen LogP contribution is -2.42. The van der Waals surface area contributed by atoms with Crippen LogP contribution in [0.4, 0.5) is 0 Å². The lowest BCUT2D eigenvalue weighted by atomic mass is 9.83. The van der Waals surface area contributed by atoms with Crippen molar-refractivity contribution in [1.29, 1.82) is 0 Å². The molecule has 1 unspecified atom stereocenters. The van der Waals surface area contributed by atoms with E-state index in [1.54, 1.807) is 0 Å². The molecule has 1 aliphatic heterocycles. The summed E-state index contributed by atoms with van der Waals surface area (Å²) in [5.41, 5.74) is 0. The molecular formula is C17H33N3O2S. The highest BCUT2D eigenvalue weighted by molar-refractivity contribution is 7.91. The van der Waals surface area contributed by atoms with E-state index in [4.69, 9.17) is 4.99 Å². The lowest BCUT2D eigenvalue weighted by Gasteiger charge is -2.31. The predicted molar refractivity (Wildman–Crippen MR) is 96.5 cm³/mol. The summed E-state index contributed by atoms with van der Waals surface area (Å²) in [4.78, 5) is 6.94. The minimum Gasteiger partial charge on any atom is -0.357 e. The molecule has 1 saturated heterocycles. The van der Waals surface area contributed by atoms with Gasteiger partial charge in [-0.25, -0.2) is 8.42 Å². The van der Waals surface area contributed by atoms with E-state index >= 15 is 0 Å². The summed E-state index contributed by atoms with van der Waals surface area (Å²) in [6.45, 7) is 6.93. The van der Waals surface area contributed by atoms with Crippen LogP contribution in [-0.2, 0) is 9.84 Å². The van der Waals surface area contributed by atoms with Crippen LogP contribution < -0.4 is 5.32 Å². The van der Waals surface area contributed by atoms with Gasteiger partial charge in [0, 0.05) is 26.7 Å². The van der Waals surface area contributed by atoms with Gasteiger partial charge in [0.15, 0.2) is 15.8 Å². The van der Waals surface area contributed by atoms with E-state index in [-0.39, 0.29) is 5.92 Å². The molecule has 1 aliphatic carbocycles. The molecule has 2 aliphatic rings. The van der Waals surface area contributed by atoms with Crippen molar-refractivity contribution in [3.8, 4) is 0 Å². The largest absolute Gasteiger partial charge is 0.357 e. The smallest absolute Gasteiger partial charge is 0.193 e. The molecule has 0 amide bonds. The topological polar surface area (TPSA) is 61.8 Å². The van der Waals surface area contributed by atoms with Gasteiger partial charge in [-0.1, -0.05) is 19.8 Å². The summed E-state index contributed by atoms with van der Waals surface area (Å²) in [6, 6.07) is 0. The Hall–Kier alpha value is -0.780. The molecule has 2 fully saturated rings. The van der Waals surface area contributed by atoms with Crippen molar-refractivity contribution >= 4 is 15.8 Å². The van der Waals surface area contributed by atoms with Crippen LogP contribution in [0.3, 0.4) is 0 Å². The molecule has 0 aromatic rings. The number of sulfone groups is 1. The average molecular weight is 344 g/mol. The molecule has 1 N–H and O–H groups in total. The predicted octanol–water partition coefficient (Wildman–Crippen LogP) is 2.14. The van der Waals surface area contributed by atoms with Crippen LogP contribution in [0.25, 0.3) is 0 Å². The van der Waals surface area contributed by atoms with Crippen molar-refractivity contribution in [2.24, 2.45) is 22.7 Å². The van der Waals surface area contributed by atoms with Crippen LogP contribution in [0.2, 0.25) is 0 Å². The zero-order valence-electron chi connectivity index (χ0n) is 14.9. The van der Waals surface area contributed by atoms with Gasteiger partial charge in [-0.05, 0) is 43.9 Å². The Morgan fingerprint density at radius 1 is 1.17 bits per heavy atom. The standard InChI is InChI=1S/C17H33N3O2S/c1-4-18-17(19-11-16-9-10-23(21,22)13-16)20(3)12-15-7-5-14(2)6-8-15/h14-16H,4-13H2,1-3H3,(H,18,19). The van der Waals surface area contributed by atoms with Gasteiger partial charge in [0.25, 0.3) is 0 Å². The number of hydrogen-bond acceptors (Lipinski definition) is 3. The van der Waals surface area contributed by atoms with Crippen LogP contribution in [0.15, 0.2) is 4.99 Å². The van der Waals surface area contributed by atoms with Gasteiger partial charge < -0.3 is 10.2 Å². The Morgan fingerprint density at radius 3 is 2.43 bits per heavy atom. The number of nitrogens with one attached hydrogen (secondary N) is 1. The fourth-order valence-corrected chi connectivity index (χ4v) is 5.54. The van der Waals surface area contributed by atoms with Gasteiger partial charge in [0.1, 0.15) is 0 Å². The number of guanidine groups is 1. The molecule has 6 heteroatoms. The first-order valence-corrected chi connectivity index (χ1v) is 10.9. The molecule has 1 saturated carbocycles. The van der Waals surface area contributed by atoms with Gasteiger partial charge in [0.05, 0.1) is 11.5 Å². The number of nitrogens with zero attached hydrogens (tertiary/aromatic N) is 2. The monoisotopic (exact) mass is 343 g/mol.